The van der Waals surface area contributed by atoms with E-state index in [0.717, 1.165) is 5.56 Å². The molecule has 7 heteroatoms. The number of hydrogen-bond donors (Lipinski definition) is 2. The van der Waals surface area contributed by atoms with Crippen molar-refractivity contribution in [3.05, 3.63) is 69.4 Å². The molecule has 2 N–H and O–H groups in total. The van der Waals surface area contributed by atoms with Crippen LogP contribution in [0.15, 0.2) is 42.5 Å². The zero-order chi connectivity index (χ0) is 18.0. The Hall–Kier alpha value is -2.44. The summed E-state index contributed by atoms with van der Waals surface area (Å²) in [6.07, 6.45) is 0. The molecule has 25 heavy (non-hydrogen) atoms. The van der Waals surface area contributed by atoms with Gasteiger partial charge >= 0.3 is 0 Å². The van der Waals surface area contributed by atoms with Crippen LogP contribution in [0.25, 0.3) is 0 Å². The van der Waals surface area contributed by atoms with Crippen LogP contribution in [0.2, 0.25) is 5.02 Å². The van der Waals surface area contributed by atoms with Gasteiger partial charge in [-0.05, 0) is 55.8 Å². The fourth-order valence-corrected chi connectivity index (χ4v) is 3.28. The summed E-state index contributed by atoms with van der Waals surface area (Å²) in [4.78, 5) is 17.4. The van der Waals surface area contributed by atoms with E-state index >= 15 is 0 Å². The molecule has 0 aliphatic carbocycles. The zero-order valence-corrected chi connectivity index (χ0v) is 15.1. The molecule has 1 heterocycles. The third kappa shape index (κ3) is 4.15. The maximum absolute atomic E-state index is 13.0. The molecular weight excluding hydrogens is 361 g/mol. The van der Waals surface area contributed by atoms with Crippen LogP contribution in [0.3, 0.4) is 0 Å². The largest absolute Gasteiger partial charge is 0.332 e. The van der Waals surface area contributed by atoms with Crippen molar-refractivity contribution in [3.8, 4) is 0 Å². The van der Waals surface area contributed by atoms with Crippen molar-refractivity contribution in [2.45, 2.75) is 13.8 Å². The first-order valence-electron chi connectivity index (χ1n) is 7.50. The fourth-order valence-electron chi connectivity index (χ4n) is 2.23. The number of aryl methyl sites for hydroxylation is 2. The number of carbonyl (C=O) groups is 1. The summed E-state index contributed by atoms with van der Waals surface area (Å²) < 4.78 is 13.0. The van der Waals surface area contributed by atoms with Gasteiger partial charge in [-0.1, -0.05) is 29.0 Å². The van der Waals surface area contributed by atoms with Crippen LogP contribution in [-0.2, 0) is 0 Å². The lowest BCUT2D eigenvalue weighted by Crippen LogP contribution is -2.12. The SMILES string of the molecule is Cc1ccc(Cl)cc1NC(=O)c1sc(Nc2ccc(F)cc2)nc1C. The highest BCUT2D eigenvalue weighted by Gasteiger charge is 2.16. The van der Waals surface area contributed by atoms with Gasteiger partial charge in [-0.3, -0.25) is 4.79 Å². The van der Waals surface area contributed by atoms with Crippen LogP contribution in [0.4, 0.5) is 20.9 Å². The molecule has 1 amide bonds. The van der Waals surface area contributed by atoms with Crippen molar-refractivity contribution >= 4 is 45.4 Å². The molecule has 3 aromatic rings. The number of thiazole rings is 1. The minimum absolute atomic E-state index is 0.243. The van der Waals surface area contributed by atoms with Crippen LogP contribution < -0.4 is 10.6 Å². The van der Waals surface area contributed by atoms with Crippen LogP contribution in [-0.4, -0.2) is 10.9 Å². The normalized spacial score (nSPS) is 10.6. The van der Waals surface area contributed by atoms with E-state index in [-0.39, 0.29) is 11.7 Å². The van der Waals surface area contributed by atoms with Crippen LogP contribution in [0.5, 0.6) is 0 Å². The predicted molar refractivity (Wildman–Crippen MR) is 101 cm³/mol. The van der Waals surface area contributed by atoms with E-state index in [2.05, 4.69) is 15.6 Å². The number of nitrogens with one attached hydrogen (secondary N) is 2. The maximum Gasteiger partial charge on any atom is 0.267 e. The lowest BCUT2D eigenvalue weighted by atomic mass is 10.2. The van der Waals surface area contributed by atoms with Gasteiger partial charge in [0, 0.05) is 16.4 Å². The summed E-state index contributed by atoms with van der Waals surface area (Å²) in [7, 11) is 0. The standard InChI is InChI=1S/C18H15ClFN3OS/c1-10-3-4-12(19)9-15(10)23-17(24)16-11(2)21-18(25-16)22-14-7-5-13(20)6-8-14/h3-9H,1-2H3,(H,21,22)(H,23,24). The number of rotatable bonds is 4. The van der Waals surface area contributed by atoms with Crippen molar-refractivity contribution in [1.82, 2.24) is 4.98 Å². The van der Waals surface area contributed by atoms with E-state index in [1.807, 2.05) is 13.0 Å². The average molecular weight is 376 g/mol. The second-order valence-electron chi connectivity index (χ2n) is 5.48. The van der Waals surface area contributed by atoms with Crippen molar-refractivity contribution in [2.24, 2.45) is 0 Å². The van der Waals surface area contributed by atoms with Crippen molar-refractivity contribution in [1.29, 1.82) is 0 Å². The molecule has 0 saturated carbocycles. The number of benzene rings is 2. The molecular formula is C18H15ClFN3OS. The van der Waals surface area contributed by atoms with Gasteiger partial charge < -0.3 is 10.6 Å². The molecule has 128 valence electrons. The van der Waals surface area contributed by atoms with Gasteiger partial charge in [0.25, 0.3) is 5.91 Å². The number of halogens is 2. The lowest BCUT2D eigenvalue weighted by Gasteiger charge is -2.08. The minimum Gasteiger partial charge on any atom is -0.332 e. The highest BCUT2D eigenvalue weighted by molar-refractivity contribution is 7.17. The fraction of sp³-hybridized carbons (Fsp3) is 0.111. The molecule has 0 radical (unpaired) electrons. The van der Waals surface area contributed by atoms with Gasteiger partial charge in [-0.15, -0.1) is 0 Å². The molecule has 0 aliphatic rings. The van der Waals surface area contributed by atoms with E-state index in [9.17, 15) is 9.18 Å². The first-order chi connectivity index (χ1) is 11.9. The number of anilines is 3. The Balaban J connectivity index is 1.78. The first-order valence-corrected chi connectivity index (χ1v) is 8.69. The number of aromatic nitrogens is 1. The Kier molecular flexibility index (Phi) is 5.01. The maximum atomic E-state index is 13.0. The van der Waals surface area contributed by atoms with E-state index in [4.69, 9.17) is 11.6 Å². The highest BCUT2D eigenvalue weighted by atomic mass is 35.5. The van der Waals surface area contributed by atoms with Gasteiger partial charge in [0.2, 0.25) is 0 Å². The number of hydrogen-bond acceptors (Lipinski definition) is 4. The monoisotopic (exact) mass is 375 g/mol. The van der Waals surface area contributed by atoms with Gasteiger partial charge in [0.1, 0.15) is 10.7 Å². The third-order valence-electron chi connectivity index (χ3n) is 3.55. The van der Waals surface area contributed by atoms with E-state index in [1.54, 1.807) is 31.2 Å². The summed E-state index contributed by atoms with van der Waals surface area (Å²) >= 11 is 7.22. The molecule has 1 aromatic heterocycles. The van der Waals surface area contributed by atoms with E-state index in [0.29, 0.717) is 32.1 Å². The Morgan fingerprint density at radius 2 is 1.88 bits per heavy atom. The molecule has 0 unspecified atom stereocenters. The molecule has 4 nitrogen and oxygen atoms in total. The summed E-state index contributed by atoms with van der Waals surface area (Å²) in [5, 5.41) is 7.06. The molecule has 0 saturated heterocycles. The van der Waals surface area contributed by atoms with Crippen molar-refractivity contribution < 1.29 is 9.18 Å². The second-order valence-corrected chi connectivity index (χ2v) is 6.91. The molecule has 0 aliphatic heterocycles. The summed E-state index contributed by atoms with van der Waals surface area (Å²) in [6, 6.07) is 11.3. The molecule has 2 aromatic carbocycles. The van der Waals surface area contributed by atoms with Gasteiger partial charge in [0.15, 0.2) is 5.13 Å². The molecule has 0 atom stereocenters. The predicted octanol–water partition coefficient (Wildman–Crippen LogP) is 5.55. The van der Waals surface area contributed by atoms with E-state index in [1.165, 1.54) is 23.5 Å². The first kappa shape index (κ1) is 17.4. The molecule has 3 rings (SSSR count). The van der Waals surface area contributed by atoms with Gasteiger partial charge in [0.05, 0.1) is 5.69 Å². The Morgan fingerprint density at radius 3 is 2.60 bits per heavy atom. The Bertz CT molecular complexity index is 925. The quantitative estimate of drug-likeness (QED) is 0.628. The van der Waals surface area contributed by atoms with Crippen molar-refractivity contribution in [2.75, 3.05) is 10.6 Å². The molecule has 0 spiro atoms. The minimum atomic E-state index is -0.308. The highest BCUT2D eigenvalue weighted by Crippen LogP contribution is 2.28. The smallest absolute Gasteiger partial charge is 0.267 e. The zero-order valence-electron chi connectivity index (χ0n) is 13.6. The van der Waals surface area contributed by atoms with Gasteiger partial charge in [-0.25, -0.2) is 9.37 Å². The number of carbonyl (C=O) groups excluding carboxylic acids is 1. The number of amides is 1. The lowest BCUT2D eigenvalue weighted by molar-refractivity contribution is 0.102. The average Bonchev–Trinajstić information content (AvgIpc) is 2.93. The Morgan fingerprint density at radius 1 is 1.16 bits per heavy atom. The second kappa shape index (κ2) is 7.21. The third-order valence-corrected chi connectivity index (χ3v) is 4.85. The van der Waals surface area contributed by atoms with Gasteiger partial charge in [-0.2, -0.15) is 0 Å². The van der Waals surface area contributed by atoms with Crippen LogP contribution in [0.1, 0.15) is 20.9 Å². The topological polar surface area (TPSA) is 54.0 Å². The number of nitrogens with zero attached hydrogens (tertiary/aromatic N) is 1. The summed E-state index contributed by atoms with van der Waals surface area (Å²) in [5.41, 5.74) is 2.91. The Labute approximate surface area is 153 Å². The summed E-state index contributed by atoms with van der Waals surface area (Å²) in [6.45, 7) is 3.67. The van der Waals surface area contributed by atoms with E-state index < -0.39 is 0 Å². The molecule has 0 fully saturated rings. The van der Waals surface area contributed by atoms with Crippen molar-refractivity contribution in [3.63, 3.8) is 0 Å². The summed E-state index contributed by atoms with van der Waals surface area (Å²) in [5.74, 6) is -0.551. The van der Waals surface area contributed by atoms with Crippen LogP contribution >= 0.6 is 22.9 Å². The van der Waals surface area contributed by atoms with Crippen LogP contribution in [0, 0.1) is 19.7 Å². The molecule has 0 bridgehead atoms.